The number of aliphatic hydroxyl groups is 1. The Labute approximate surface area is 145 Å². The Balaban J connectivity index is 1.84. The maximum absolute atomic E-state index is 12.3. The molecule has 0 bridgehead atoms. The van der Waals surface area contributed by atoms with Crippen LogP contribution in [-0.2, 0) is 0 Å². The number of benzene rings is 1. The molecular weight excluding hydrogens is 328 g/mol. The summed E-state index contributed by atoms with van der Waals surface area (Å²) < 4.78 is 1.66. The van der Waals surface area contributed by atoms with Crippen LogP contribution >= 0.6 is 11.6 Å². The highest BCUT2D eigenvalue weighted by Crippen LogP contribution is 2.40. The van der Waals surface area contributed by atoms with Crippen molar-refractivity contribution in [3.05, 3.63) is 40.9 Å². The second kappa shape index (κ2) is 6.91. The zero-order chi connectivity index (χ0) is 17.3. The molecule has 1 saturated carbocycles. The average Bonchev–Trinajstić information content (AvgIpc) is 3.31. The largest absolute Gasteiger partial charge is 0.391 e. The third-order valence-electron chi connectivity index (χ3n) is 4.10. The van der Waals surface area contributed by atoms with Crippen molar-refractivity contribution >= 4 is 17.5 Å². The van der Waals surface area contributed by atoms with Gasteiger partial charge in [0, 0.05) is 12.5 Å². The highest BCUT2D eigenvalue weighted by Gasteiger charge is 2.32. The van der Waals surface area contributed by atoms with Gasteiger partial charge in [0.2, 0.25) is 5.82 Å². The Bertz CT molecular complexity index is 740. The first kappa shape index (κ1) is 16.9. The smallest absolute Gasteiger partial charge is 0.291 e. The van der Waals surface area contributed by atoms with Gasteiger partial charge in [-0.05, 0) is 30.9 Å². The van der Waals surface area contributed by atoms with Gasteiger partial charge in [-0.25, -0.2) is 9.67 Å². The number of carbonyl (C=O) groups excluding carboxylic acids is 1. The molecule has 1 aliphatic rings. The molecule has 1 aliphatic carbocycles. The van der Waals surface area contributed by atoms with Gasteiger partial charge in [0.1, 0.15) is 5.82 Å². The second-order valence-electron chi connectivity index (χ2n) is 6.45. The molecule has 2 aromatic rings. The molecule has 1 fully saturated rings. The molecule has 0 aliphatic heterocycles. The van der Waals surface area contributed by atoms with Gasteiger partial charge < -0.3 is 10.4 Å². The lowest BCUT2D eigenvalue weighted by molar-refractivity contribution is 0.0862. The van der Waals surface area contributed by atoms with Crippen LogP contribution in [0.25, 0.3) is 5.69 Å². The van der Waals surface area contributed by atoms with Crippen molar-refractivity contribution in [1.29, 1.82) is 0 Å². The summed E-state index contributed by atoms with van der Waals surface area (Å²) in [6, 6.07) is 7.36. The molecular formula is C17H21ClN4O2. The summed E-state index contributed by atoms with van der Waals surface area (Å²) in [5, 5.41) is 17.4. The summed E-state index contributed by atoms with van der Waals surface area (Å²) in [6.45, 7) is 3.97. The second-order valence-corrected chi connectivity index (χ2v) is 6.86. The average molecular weight is 349 g/mol. The fourth-order valence-corrected chi connectivity index (χ4v) is 2.55. The van der Waals surface area contributed by atoms with Crippen molar-refractivity contribution in [3.63, 3.8) is 0 Å². The Morgan fingerprint density at radius 3 is 2.75 bits per heavy atom. The molecule has 0 radical (unpaired) electrons. The molecule has 24 heavy (non-hydrogen) atoms. The SMILES string of the molecule is CC(C)C(O)CNC(=O)c1nc(C2CC2)n(-c2ccccc2Cl)n1. The van der Waals surface area contributed by atoms with Gasteiger partial charge in [-0.3, -0.25) is 4.79 Å². The van der Waals surface area contributed by atoms with Crippen molar-refractivity contribution in [2.45, 2.75) is 38.7 Å². The molecule has 1 atom stereocenters. The molecule has 1 heterocycles. The molecule has 1 aromatic carbocycles. The van der Waals surface area contributed by atoms with E-state index in [1.165, 1.54) is 0 Å². The quantitative estimate of drug-likeness (QED) is 0.840. The summed E-state index contributed by atoms with van der Waals surface area (Å²) in [5.74, 6) is 0.866. The summed E-state index contributed by atoms with van der Waals surface area (Å²) in [4.78, 5) is 16.7. The molecule has 1 amide bonds. The van der Waals surface area contributed by atoms with Gasteiger partial charge in [0.15, 0.2) is 0 Å². The van der Waals surface area contributed by atoms with Crippen LogP contribution in [-0.4, -0.2) is 38.4 Å². The van der Waals surface area contributed by atoms with Gasteiger partial charge >= 0.3 is 0 Å². The van der Waals surface area contributed by atoms with Gasteiger partial charge in [0.25, 0.3) is 5.91 Å². The lowest BCUT2D eigenvalue weighted by atomic mass is 10.1. The fraction of sp³-hybridized carbons (Fsp3) is 0.471. The summed E-state index contributed by atoms with van der Waals surface area (Å²) >= 11 is 6.26. The van der Waals surface area contributed by atoms with Crippen LogP contribution in [0.1, 0.15) is 49.1 Å². The van der Waals surface area contributed by atoms with E-state index in [4.69, 9.17) is 11.6 Å². The van der Waals surface area contributed by atoms with Gasteiger partial charge in [0.05, 0.1) is 16.8 Å². The van der Waals surface area contributed by atoms with Crippen LogP contribution in [0.4, 0.5) is 0 Å². The van der Waals surface area contributed by atoms with Gasteiger partial charge in [-0.1, -0.05) is 37.6 Å². The standard InChI is InChI=1S/C17H21ClN4O2/c1-10(2)14(23)9-19-17(24)15-20-16(11-7-8-11)22(21-15)13-6-4-3-5-12(13)18/h3-6,10-11,14,23H,7-9H2,1-2H3,(H,19,24). The number of hydrogen-bond acceptors (Lipinski definition) is 4. The van der Waals surface area contributed by atoms with E-state index in [1.807, 2.05) is 32.0 Å². The number of hydrogen-bond donors (Lipinski definition) is 2. The van der Waals surface area contributed by atoms with Crippen LogP contribution in [0.5, 0.6) is 0 Å². The monoisotopic (exact) mass is 348 g/mol. The normalized spacial score (nSPS) is 15.5. The first-order valence-electron chi connectivity index (χ1n) is 8.15. The molecule has 0 spiro atoms. The Morgan fingerprint density at radius 2 is 2.12 bits per heavy atom. The van der Waals surface area contributed by atoms with Crippen molar-refractivity contribution in [3.8, 4) is 5.69 Å². The molecule has 3 rings (SSSR count). The lowest BCUT2D eigenvalue weighted by Crippen LogP contribution is -2.35. The third kappa shape index (κ3) is 3.60. The zero-order valence-electron chi connectivity index (χ0n) is 13.7. The van der Waals surface area contributed by atoms with E-state index >= 15 is 0 Å². The van der Waals surface area contributed by atoms with E-state index in [-0.39, 0.29) is 24.2 Å². The summed E-state index contributed by atoms with van der Waals surface area (Å²) in [6.07, 6.45) is 1.48. The minimum atomic E-state index is -0.595. The van der Waals surface area contributed by atoms with E-state index in [9.17, 15) is 9.90 Å². The molecule has 0 saturated heterocycles. The molecule has 1 aromatic heterocycles. The Morgan fingerprint density at radius 1 is 1.42 bits per heavy atom. The highest BCUT2D eigenvalue weighted by molar-refractivity contribution is 6.32. The molecule has 6 nitrogen and oxygen atoms in total. The number of nitrogens with one attached hydrogen (secondary N) is 1. The van der Waals surface area contributed by atoms with E-state index in [0.29, 0.717) is 10.9 Å². The summed E-state index contributed by atoms with van der Waals surface area (Å²) in [7, 11) is 0. The number of aliphatic hydroxyl groups excluding tert-OH is 1. The van der Waals surface area contributed by atoms with Crippen molar-refractivity contribution in [1.82, 2.24) is 20.1 Å². The summed E-state index contributed by atoms with van der Waals surface area (Å²) in [5.41, 5.74) is 0.717. The number of rotatable bonds is 6. The highest BCUT2D eigenvalue weighted by atomic mass is 35.5. The maximum atomic E-state index is 12.3. The van der Waals surface area contributed by atoms with Crippen molar-refractivity contribution < 1.29 is 9.90 Å². The topological polar surface area (TPSA) is 80.0 Å². The molecule has 1 unspecified atom stereocenters. The number of carbonyl (C=O) groups is 1. The number of nitrogens with zero attached hydrogens (tertiary/aromatic N) is 3. The first-order chi connectivity index (χ1) is 11.5. The lowest BCUT2D eigenvalue weighted by Gasteiger charge is -2.14. The van der Waals surface area contributed by atoms with Crippen molar-refractivity contribution in [2.24, 2.45) is 5.92 Å². The number of aromatic nitrogens is 3. The van der Waals surface area contributed by atoms with Gasteiger partial charge in [-0.2, -0.15) is 0 Å². The molecule has 2 N–H and O–H groups in total. The minimum Gasteiger partial charge on any atom is -0.391 e. The Kier molecular flexibility index (Phi) is 4.87. The predicted octanol–water partition coefficient (Wildman–Crippen LogP) is 2.54. The van der Waals surface area contributed by atoms with Crippen LogP contribution < -0.4 is 5.32 Å². The van der Waals surface area contributed by atoms with Crippen LogP contribution in [0.2, 0.25) is 5.02 Å². The third-order valence-corrected chi connectivity index (χ3v) is 4.42. The first-order valence-corrected chi connectivity index (χ1v) is 8.53. The van der Waals surface area contributed by atoms with Crippen molar-refractivity contribution in [2.75, 3.05) is 6.54 Å². The van der Waals surface area contributed by atoms with E-state index in [1.54, 1.807) is 10.7 Å². The minimum absolute atomic E-state index is 0.0703. The number of para-hydroxylation sites is 1. The molecule has 128 valence electrons. The maximum Gasteiger partial charge on any atom is 0.291 e. The van der Waals surface area contributed by atoms with E-state index in [0.717, 1.165) is 24.4 Å². The molecule has 7 heteroatoms. The van der Waals surface area contributed by atoms with Crippen LogP contribution in [0.15, 0.2) is 24.3 Å². The zero-order valence-corrected chi connectivity index (χ0v) is 14.5. The predicted molar refractivity (Wildman–Crippen MR) is 91.5 cm³/mol. The fourth-order valence-electron chi connectivity index (χ4n) is 2.34. The van der Waals surface area contributed by atoms with E-state index in [2.05, 4.69) is 15.4 Å². The van der Waals surface area contributed by atoms with Crippen LogP contribution in [0.3, 0.4) is 0 Å². The van der Waals surface area contributed by atoms with Gasteiger partial charge in [-0.15, -0.1) is 5.10 Å². The number of halogens is 1. The van der Waals surface area contributed by atoms with Crippen LogP contribution in [0, 0.1) is 5.92 Å². The number of amides is 1. The van der Waals surface area contributed by atoms with E-state index < -0.39 is 6.10 Å². The Hall–Kier alpha value is -1.92.